The van der Waals surface area contributed by atoms with Crippen molar-refractivity contribution in [3.8, 4) is 11.5 Å². The summed E-state index contributed by atoms with van der Waals surface area (Å²) >= 11 is 0. The van der Waals surface area contributed by atoms with Crippen LogP contribution in [0.3, 0.4) is 0 Å². The van der Waals surface area contributed by atoms with E-state index in [-0.39, 0.29) is 0 Å². The molecule has 106 valence electrons. The van der Waals surface area contributed by atoms with E-state index in [1.807, 2.05) is 6.07 Å². The van der Waals surface area contributed by atoms with Gasteiger partial charge in [0.2, 0.25) is 0 Å². The van der Waals surface area contributed by atoms with Crippen molar-refractivity contribution in [3.05, 3.63) is 23.8 Å². The first kappa shape index (κ1) is 14.2. The second-order valence-corrected chi connectivity index (χ2v) is 5.34. The second kappa shape index (κ2) is 6.80. The van der Waals surface area contributed by atoms with Crippen LogP contribution < -0.4 is 14.8 Å². The molecule has 1 saturated carbocycles. The summed E-state index contributed by atoms with van der Waals surface area (Å²) < 4.78 is 11.3. The highest BCUT2D eigenvalue weighted by molar-refractivity contribution is 5.43. The highest BCUT2D eigenvalue weighted by Gasteiger charge is 2.22. The molecule has 0 aromatic heterocycles. The van der Waals surface area contributed by atoms with Crippen LogP contribution >= 0.6 is 0 Å². The molecule has 19 heavy (non-hydrogen) atoms. The van der Waals surface area contributed by atoms with E-state index in [1.54, 1.807) is 7.11 Å². The van der Waals surface area contributed by atoms with Gasteiger partial charge in [-0.05, 0) is 56.3 Å². The molecule has 0 bridgehead atoms. The molecule has 1 aromatic rings. The lowest BCUT2D eigenvalue weighted by Crippen LogP contribution is -2.19. The summed E-state index contributed by atoms with van der Waals surface area (Å²) in [5, 5.41) is 3.48. The summed E-state index contributed by atoms with van der Waals surface area (Å²) in [4.78, 5) is 0. The summed E-state index contributed by atoms with van der Waals surface area (Å²) in [6, 6.07) is 6.57. The van der Waals surface area contributed by atoms with Gasteiger partial charge < -0.3 is 14.8 Å². The monoisotopic (exact) mass is 263 g/mol. The van der Waals surface area contributed by atoms with Crippen molar-refractivity contribution in [2.24, 2.45) is 5.92 Å². The standard InChI is InChI=1S/C16H25NO2/c1-4-9-17-12(2)14-7-8-15(16(10-14)18-3)19-11-13-5-6-13/h7-8,10,12-13,17H,4-6,9,11H2,1-3H3. The topological polar surface area (TPSA) is 30.5 Å². The summed E-state index contributed by atoms with van der Waals surface area (Å²) in [6.07, 6.45) is 3.75. The molecule has 0 aliphatic heterocycles. The first-order valence-electron chi connectivity index (χ1n) is 7.28. The molecule has 1 N–H and O–H groups in total. The van der Waals surface area contributed by atoms with Crippen LogP contribution in [0.15, 0.2) is 18.2 Å². The number of methoxy groups -OCH3 is 1. The fourth-order valence-corrected chi connectivity index (χ4v) is 2.04. The second-order valence-electron chi connectivity index (χ2n) is 5.34. The van der Waals surface area contributed by atoms with Gasteiger partial charge in [-0.1, -0.05) is 13.0 Å². The van der Waals surface area contributed by atoms with Crippen LogP contribution in [0.25, 0.3) is 0 Å². The van der Waals surface area contributed by atoms with Gasteiger partial charge in [0, 0.05) is 6.04 Å². The highest BCUT2D eigenvalue weighted by atomic mass is 16.5. The molecule has 0 heterocycles. The molecule has 1 aromatic carbocycles. The van der Waals surface area contributed by atoms with Gasteiger partial charge >= 0.3 is 0 Å². The molecule has 0 amide bonds. The van der Waals surface area contributed by atoms with Crippen LogP contribution in [0.2, 0.25) is 0 Å². The van der Waals surface area contributed by atoms with Crippen LogP contribution in [-0.2, 0) is 0 Å². The molecule has 3 heteroatoms. The van der Waals surface area contributed by atoms with Crippen molar-refractivity contribution in [1.29, 1.82) is 0 Å². The fraction of sp³-hybridized carbons (Fsp3) is 0.625. The van der Waals surface area contributed by atoms with Crippen molar-refractivity contribution in [3.63, 3.8) is 0 Å². The molecule has 3 nitrogen and oxygen atoms in total. The molecule has 1 fully saturated rings. The molecule has 1 unspecified atom stereocenters. The zero-order chi connectivity index (χ0) is 13.7. The van der Waals surface area contributed by atoms with Gasteiger partial charge in [0.15, 0.2) is 11.5 Å². The van der Waals surface area contributed by atoms with Crippen molar-refractivity contribution in [2.75, 3.05) is 20.3 Å². The van der Waals surface area contributed by atoms with Crippen molar-refractivity contribution in [2.45, 2.75) is 39.2 Å². The average Bonchev–Trinajstić information content (AvgIpc) is 3.26. The van der Waals surface area contributed by atoms with Gasteiger partial charge in [-0.15, -0.1) is 0 Å². The van der Waals surface area contributed by atoms with E-state index < -0.39 is 0 Å². The van der Waals surface area contributed by atoms with Crippen LogP contribution in [0.5, 0.6) is 11.5 Å². The first-order chi connectivity index (χ1) is 9.24. The maximum absolute atomic E-state index is 5.82. The lowest BCUT2D eigenvalue weighted by molar-refractivity contribution is 0.280. The number of hydrogen-bond donors (Lipinski definition) is 1. The van der Waals surface area contributed by atoms with Gasteiger partial charge in [-0.25, -0.2) is 0 Å². The van der Waals surface area contributed by atoms with Crippen LogP contribution in [0, 0.1) is 5.92 Å². The SMILES string of the molecule is CCCNC(C)c1ccc(OCC2CC2)c(OC)c1. The average molecular weight is 263 g/mol. The minimum atomic E-state index is 0.339. The molecule has 2 rings (SSSR count). The lowest BCUT2D eigenvalue weighted by atomic mass is 10.1. The Hall–Kier alpha value is -1.22. The number of hydrogen-bond acceptors (Lipinski definition) is 3. The van der Waals surface area contributed by atoms with E-state index in [4.69, 9.17) is 9.47 Å². The Morgan fingerprint density at radius 3 is 2.74 bits per heavy atom. The van der Waals surface area contributed by atoms with E-state index in [0.29, 0.717) is 6.04 Å². The molecule has 0 radical (unpaired) electrons. The van der Waals surface area contributed by atoms with Crippen LogP contribution in [-0.4, -0.2) is 20.3 Å². The van der Waals surface area contributed by atoms with E-state index in [2.05, 4.69) is 31.3 Å². The molecule has 1 atom stereocenters. The fourth-order valence-electron chi connectivity index (χ4n) is 2.04. The minimum absolute atomic E-state index is 0.339. The Labute approximate surface area is 116 Å². The van der Waals surface area contributed by atoms with Gasteiger partial charge in [0.05, 0.1) is 13.7 Å². The molecular formula is C16H25NO2. The highest BCUT2D eigenvalue weighted by Crippen LogP contribution is 2.34. The first-order valence-corrected chi connectivity index (χ1v) is 7.28. The van der Waals surface area contributed by atoms with Gasteiger partial charge in [-0.3, -0.25) is 0 Å². The normalized spacial score (nSPS) is 16.2. The summed E-state index contributed by atoms with van der Waals surface area (Å²) in [6.45, 7) is 6.20. The van der Waals surface area contributed by atoms with Crippen LogP contribution in [0.1, 0.15) is 44.7 Å². The number of ether oxygens (including phenoxy) is 2. The quantitative estimate of drug-likeness (QED) is 0.778. The van der Waals surface area contributed by atoms with E-state index in [9.17, 15) is 0 Å². The number of rotatable bonds is 8. The predicted molar refractivity (Wildman–Crippen MR) is 77.9 cm³/mol. The van der Waals surface area contributed by atoms with E-state index >= 15 is 0 Å². The van der Waals surface area contributed by atoms with Crippen molar-refractivity contribution >= 4 is 0 Å². The zero-order valence-electron chi connectivity index (χ0n) is 12.2. The Bertz CT molecular complexity index is 402. The molecule has 1 aliphatic carbocycles. The third-order valence-corrected chi connectivity index (χ3v) is 3.56. The minimum Gasteiger partial charge on any atom is -0.493 e. The lowest BCUT2D eigenvalue weighted by Gasteiger charge is -2.16. The predicted octanol–water partition coefficient (Wildman–Crippen LogP) is 3.54. The van der Waals surface area contributed by atoms with Crippen LogP contribution in [0.4, 0.5) is 0 Å². The summed E-state index contributed by atoms with van der Waals surface area (Å²) in [5.41, 5.74) is 1.24. The Morgan fingerprint density at radius 2 is 2.11 bits per heavy atom. The molecule has 0 spiro atoms. The van der Waals surface area contributed by atoms with Gasteiger partial charge in [0.25, 0.3) is 0 Å². The maximum Gasteiger partial charge on any atom is 0.161 e. The molecule has 1 aliphatic rings. The smallest absolute Gasteiger partial charge is 0.161 e. The van der Waals surface area contributed by atoms with Gasteiger partial charge in [-0.2, -0.15) is 0 Å². The maximum atomic E-state index is 5.82. The summed E-state index contributed by atoms with van der Waals surface area (Å²) in [7, 11) is 1.70. The molecule has 0 saturated heterocycles. The number of nitrogens with one attached hydrogen (secondary N) is 1. The van der Waals surface area contributed by atoms with E-state index in [0.717, 1.165) is 37.0 Å². The Balaban J connectivity index is 2.01. The largest absolute Gasteiger partial charge is 0.493 e. The third kappa shape index (κ3) is 4.13. The van der Waals surface area contributed by atoms with Gasteiger partial charge in [0.1, 0.15) is 0 Å². The summed E-state index contributed by atoms with van der Waals surface area (Å²) in [5.74, 6) is 2.46. The zero-order valence-corrected chi connectivity index (χ0v) is 12.2. The third-order valence-electron chi connectivity index (χ3n) is 3.56. The van der Waals surface area contributed by atoms with E-state index in [1.165, 1.54) is 18.4 Å². The Kier molecular flexibility index (Phi) is 5.08. The Morgan fingerprint density at radius 1 is 1.32 bits per heavy atom. The number of benzene rings is 1. The van der Waals surface area contributed by atoms with Crippen molar-refractivity contribution in [1.82, 2.24) is 5.32 Å². The molecular weight excluding hydrogens is 238 g/mol. The van der Waals surface area contributed by atoms with Crippen molar-refractivity contribution < 1.29 is 9.47 Å².